The molecule has 2 amide bonds. The smallest absolute Gasteiger partial charge is 0.253 e. The first-order valence-electron chi connectivity index (χ1n) is 9.62. The summed E-state index contributed by atoms with van der Waals surface area (Å²) >= 11 is 0. The van der Waals surface area contributed by atoms with Crippen LogP contribution in [0.15, 0.2) is 48.5 Å². The Morgan fingerprint density at radius 3 is 2.32 bits per heavy atom. The van der Waals surface area contributed by atoms with Gasteiger partial charge in [0.05, 0.1) is 0 Å². The molecule has 6 heteroatoms. The van der Waals surface area contributed by atoms with E-state index in [1.54, 1.807) is 0 Å². The molecule has 0 saturated carbocycles. The lowest BCUT2D eigenvalue weighted by molar-refractivity contribution is -0.121. The number of hydrogen-bond acceptors (Lipinski definition) is 3. The van der Waals surface area contributed by atoms with Gasteiger partial charge >= 0.3 is 0 Å². The van der Waals surface area contributed by atoms with Crippen LogP contribution < -0.4 is 11.1 Å². The Bertz CT molecular complexity index is 787. The second-order valence-electron chi connectivity index (χ2n) is 7.03. The predicted molar refractivity (Wildman–Crippen MR) is 114 cm³/mol. The number of carbonyl (C=O) groups excluding carboxylic acids is 2. The SMILES string of the molecule is Cl.Nc1ccccc1CCC(=O)NCc1ccc(C(=O)N2CCCCC2)cc1. The molecule has 28 heavy (non-hydrogen) atoms. The Morgan fingerprint density at radius 1 is 0.964 bits per heavy atom. The molecule has 0 spiro atoms. The van der Waals surface area contributed by atoms with Gasteiger partial charge in [0.25, 0.3) is 5.91 Å². The van der Waals surface area contributed by atoms with Crippen molar-refractivity contribution in [1.29, 1.82) is 0 Å². The third-order valence-electron chi connectivity index (χ3n) is 5.01. The summed E-state index contributed by atoms with van der Waals surface area (Å²) in [5.41, 5.74) is 9.32. The molecule has 0 aliphatic carbocycles. The third kappa shape index (κ3) is 5.99. The molecule has 1 aliphatic heterocycles. The number of piperidine rings is 1. The van der Waals surface area contributed by atoms with Gasteiger partial charge in [-0.2, -0.15) is 0 Å². The number of amides is 2. The van der Waals surface area contributed by atoms with E-state index in [2.05, 4.69) is 5.32 Å². The van der Waals surface area contributed by atoms with Gasteiger partial charge in [-0.1, -0.05) is 30.3 Å². The van der Waals surface area contributed by atoms with Crippen LogP contribution in [0.3, 0.4) is 0 Å². The first-order chi connectivity index (χ1) is 13.1. The third-order valence-corrected chi connectivity index (χ3v) is 5.01. The van der Waals surface area contributed by atoms with E-state index in [0.717, 1.165) is 42.7 Å². The molecular weight excluding hydrogens is 374 g/mol. The molecule has 150 valence electrons. The number of nitrogens with zero attached hydrogens (tertiary/aromatic N) is 1. The van der Waals surface area contributed by atoms with Crippen molar-refractivity contribution in [2.45, 2.75) is 38.6 Å². The zero-order chi connectivity index (χ0) is 19.1. The van der Waals surface area contributed by atoms with Crippen LogP contribution in [-0.4, -0.2) is 29.8 Å². The number of hydrogen-bond donors (Lipinski definition) is 2. The van der Waals surface area contributed by atoms with E-state index < -0.39 is 0 Å². The number of rotatable bonds is 6. The number of aryl methyl sites for hydroxylation is 1. The van der Waals surface area contributed by atoms with Crippen molar-refractivity contribution in [2.75, 3.05) is 18.8 Å². The van der Waals surface area contributed by atoms with E-state index in [-0.39, 0.29) is 24.2 Å². The summed E-state index contributed by atoms with van der Waals surface area (Å²) in [6.07, 6.45) is 4.41. The molecule has 0 aromatic heterocycles. The molecule has 0 bridgehead atoms. The maximum absolute atomic E-state index is 12.5. The Hall–Kier alpha value is -2.53. The van der Waals surface area contributed by atoms with Gasteiger partial charge < -0.3 is 16.0 Å². The van der Waals surface area contributed by atoms with Crippen molar-refractivity contribution in [2.24, 2.45) is 0 Å². The molecule has 1 fully saturated rings. The fraction of sp³-hybridized carbons (Fsp3) is 0.364. The van der Waals surface area contributed by atoms with Gasteiger partial charge in [0, 0.05) is 37.3 Å². The Labute approximate surface area is 172 Å². The van der Waals surface area contributed by atoms with Gasteiger partial charge in [-0.3, -0.25) is 9.59 Å². The average Bonchev–Trinajstić information content (AvgIpc) is 2.72. The molecule has 2 aromatic carbocycles. The minimum atomic E-state index is -0.00766. The van der Waals surface area contributed by atoms with Crippen LogP contribution in [0, 0.1) is 0 Å². The molecule has 1 heterocycles. The molecular formula is C22H28ClN3O2. The molecule has 5 nitrogen and oxygen atoms in total. The van der Waals surface area contributed by atoms with E-state index in [4.69, 9.17) is 5.73 Å². The fourth-order valence-electron chi connectivity index (χ4n) is 3.34. The zero-order valence-corrected chi connectivity index (χ0v) is 16.8. The molecule has 0 unspecified atom stereocenters. The van der Waals surface area contributed by atoms with Crippen molar-refractivity contribution in [3.8, 4) is 0 Å². The molecule has 0 atom stereocenters. The monoisotopic (exact) mass is 401 g/mol. The maximum Gasteiger partial charge on any atom is 0.253 e. The van der Waals surface area contributed by atoms with Crippen LogP contribution in [-0.2, 0) is 17.8 Å². The van der Waals surface area contributed by atoms with Crippen LogP contribution in [0.25, 0.3) is 0 Å². The van der Waals surface area contributed by atoms with Crippen molar-refractivity contribution in [3.63, 3.8) is 0 Å². The Balaban J connectivity index is 0.00000280. The van der Waals surface area contributed by atoms with E-state index in [0.29, 0.717) is 24.9 Å². The largest absolute Gasteiger partial charge is 0.399 e. The summed E-state index contributed by atoms with van der Waals surface area (Å²) in [4.78, 5) is 26.5. The zero-order valence-electron chi connectivity index (χ0n) is 16.0. The van der Waals surface area contributed by atoms with Gasteiger partial charge in [0.15, 0.2) is 0 Å². The van der Waals surface area contributed by atoms with Crippen molar-refractivity contribution in [1.82, 2.24) is 10.2 Å². The standard InChI is InChI=1S/C22H27N3O2.ClH/c23-20-7-3-2-6-18(20)12-13-21(26)24-16-17-8-10-19(11-9-17)22(27)25-14-4-1-5-15-25;/h2-3,6-11H,1,4-5,12-16,23H2,(H,24,26);1H. The Kier molecular flexibility index (Phi) is 8.33. The van der Waals surface area contributed by atoms with Crippen LogP contribution in [0.5, 0.6) is 0 Å². The number of nitrogens with two attached hydrogens (primary N) is 1. The fourth-order valence-corrected chi connectivity index (χ4v) is 3.34. The maximum atomic E-state index is 12.5. The highest BCUT2D eigenvalue weighted by Gasteiger charge is 2.17. The summed E-state index contributed by atoms with van der Waals surface area (Å²) in [7, 11) is 0. The van der Waals surface area contributed by atoms with Gasteiger partial charge in [-0.05, 0) is 55.0 Å². The van der Waals surface area contributed by atoms with Crippen molar-refractivity contribution < 1.29 is 9.59 Å². The van der Waals surface area contributed by atoms with Crippen LogP contribution in [0.2, 0.25) is 0 Å². The molecule has 1 aliphatic rings. The quantitative estimate of drug-likeness (QED) is 0.726. The number of halogens is 1. The van der Waals surface area contributed by atoms with Crippen LogP contribution in [0.1, 0.15) is 47.2 Å². The molecule has 0 radical (unpaired) electrons. The summed E-state index contributed by atoms with van der Waals surface area (Å²) in [5, 5.41) is 2.93. The van der Waals surface area contributed by atoms with Crippen molar-refractivity contribution >= 4 is 29.9 Å². The highest BCUT2D eigenvalue weighted by Crippen LogP contribution is 2.14. The number of nitrogens with one attached hydrogen (secondary N) is 1. The minimum Gasteiger partial charge on any atom is -0.399 e. The highest BCUT2D eigenvalue weighted by atomic mass is 35.5. The molecule has 2 aromatic rings. The highest BCUT2D eigenvalue weighted by molar-refractivity contribution is 5.94. The van der Waals surface area contributed by atoms with Crippen LogP contribution >= 0.6 is 12.4 Å². The second kappa shape index (κ2) is 10.7. The molecule has 3 rings (SSSR count). The Morgan fingerprint density at radius 2 is 1.64 bits per heavy atom. The van der Waals surface area contributed by atoms with Crippen molar-refractivity contribution in [3.05, 3.63) is 65.2 Å². The minimum absolute atomic E-state index is 0. The second-order valence-corrected chi connectivity index (χ2v) is 7.03. The summed E-state index contributed by atoms with van der Waals surface area (Å²) in [6, 6.07) is 15.1. The van der Waals surface area contributed by atoms with E-state index in [1.807, 2.05) is 53.4 Å². The number of carbonyl (C=O) groups is 2. The number of likely N-dealkylation sites (tertiary alicyclic amines) is 1. The predicted octanol–water partition coefficient (Wildman–Crippen LogP) is 3.57. The number of para-hydroxylation sites is 1. The first kappa shape index (κ1) is 21.8. The van der Waals surface area contributed by atoms with E-state index in [1.165, 1.54) is 6.42 Å². The number of nitrogen functional groups attached to an aromatic ring is 1. The van der Waals surface area contributed by atoms with Gasteiger partial charge in [-0.15, -0.1) is 12.4 Å². The average molecular weight is 402 g/mol. The first-order valence-corrected chi connectivity index (χ1v) is 9.62. The topological polar surface area (TPSA) is 75.4 Å². The summed E-state index contributed by atoms with van der Waals surface area (Å²) in [5.74, 6) is 0.0949. The van der Waals surface area contributed by atoms with Gasteiger partial charge in [-0.25, -0.2) is 0 Å². The molecule has 3 N–H and O–H groups in total. The summed E-state index contributed by atoms with van der Waals surface area (Å²) in [6.45, 7) is 2.16. The normalized spacial score (nSPS) is 13.5. The van der Waals surface area contributed by atoms with E-state index in [9.17, 15) is 9.59 Å². The lowest BCUT2D eigenvalue weighted by Crippen LogP contribution is -2.35. The number of benzene rings is 2. The van der Waals surface area contributed by atoms with Gasteiger partial charge in [0.1, 0.15) is 0 Å². The van der Waals surface area contributed by atoms with Gasteiger partial charge in [0.2, 0.25) is 5.91 Å². The lowest BCUT2D eigenvalue weighted by Gasteiger charge is -2.26. The number of anilines is 1. The summed E-state index contributed by atoms with van der Waals surface area (Å²) < 4.78 is 0. The van der Waals surface area contributed by atoms with Crippen LogP contribution in [0.4, 0.5) is 5.69 Å². The van der Waals surface area contributed by atoms with E-state index >= 15 is 0 Å². The molecule has 1 saturated heterocycles. The lowest BCUT2D eigenvalue weighted by atomic mass is 10.1.